The molecule has 5 rings (SSSR count). The van der Waals surface area contributed by atoms with Gasteiger partial charge in [0.15, 0.2) is 11.7 Å². The van der Waals surface area contributed by atoms with Crippen LogP contribution in [0.15, 0.2) is 51.7 Å². The molecule has 1 fully saturated rings. The Morgan fingerprint density at radius 1 is 1.20 bits per heavy atom. The molecule has 2 amide bonds. The number of fused-ring (bicyclic) bond motifs is 2. The van der Waals surface area contributed by atoms with Crippen molar-refractivity contribution in [1.82, 2.24) is 14.8 Å². The number of ether oxygens (including phenoxy) is 2. The highest BCUT2D eigenvalue weighted by atomic mass is 32.1. The highest BCUT2D eigenvalue weighted by molar-refractivity contribution is 7.19. The fourth-order valence-electron chi connectivity index (χ4n) is 4.76. The van der Waals surface area contributed by atoms with E-state index in [4.69, 9.17) is 13.9 Å². The molecule has 0 bridgehead atoms. The van der Waals surface area contributed by atoms with Crippen molar-refractivity contribution in [3.05, 3.63) is 57.9 Å². The van der Waals surface area contributed by atoms with Crippen molar-refractivity contribution in [1.29, 1.82) is 5.26 Å². The van der Waals surface area contributed by atoms with Crippen LogP contribution in [0.2, 0.25) is 0 Å². The molecule has 1 saturated heterocycles. The lowest BCUT2D eigenvalue weighted by Crippen LogP contribution is -2.48. The number of carbonyl (C=O) groups excluding carboxylic acids is 2. The number of aryl methyl sites for hydroxylation is 1. The van der Waals surface area contributed by atoms with Crippen LogP contribution in [-0.4, -0.2) is 58.9 Å². The summed E-state index contributed by atoms with van der Waals surface area (Å²) < 4.78 is 19.0. The highest BCUT2D eigenvalue weighted by Gasteiger charge is 2.31. The first kappa shape index (κ1) is 28.4. The van der Waals surface area contributed by atoms with Crippen LogP contribution in [0.3, 0.4) is 0 Å². The monoisotopic (exact) mass is 576 g/mol. The summed E-state index contributed by atoms with van der Waals surface area (Å²) in [5, 5.41) is 13.6. The molecule has 1 unspecified atom stereocenters. The first-order valence-corrected chi connectivity index (χ1v) is 14.2. The van der Waals surface area contributed by atoms with Crippen LogP contribution in [-0.2, 0) is 27.7 Å². The van der Waals surface area contributed by atoms with Crippen molar-refractivity contribution >= 4 is 44.5 Å². The van der Waals surface area contributed by atoms with E-state index in [9.17, 15) is 19.6 Å². The van der Waals surface area contributed by atoms with Crippen LogP contribution in [0.4, 0.5) is 4.79 Å². The van der Waals surface area contributed by atoms with E-state index in [1.54, 1.807) is 45.2 Å². The zero-order chi connectivity index (χ0) is 29.3. The standard InChI is InChI=1S/C30H32N4O6S/c1-30(2,3)40-29(37)34-10-5-11-38-25(17-34)27(35)32-21(16-31)15-22-13-20-12-18(7-9-26(20)41-22)19-6-8-24-23(14-19)33(4)28(36)39-24/h6-9,12-14,21,25H,5,10-11,15,17H2,1-4H3,(H,32,35)/t21?,25-/m0/s1. The Labute approximate surface area is 241 Å². The van der Waals surface area contributed by atoms with Gasteiger partial charge < -0.3 is 24.1 Å². The van der Waals surface area contributed by atoms with Crippen molar-refractivity contribution in [3.8, 4) is 17.2 Å². The largest absolute Gasteiger partial charge is 0.444 e. The molecular formula is C30H32N4O6S. The minimum Gasteiger partial charge on any atom is -0.444 e. The lowest BCUT2D eigenvalue weighted by molar-refractivity contribution is -0.133. The van der Waals surface area contributed by atoms with Crippen molar-refractivity contribution in [3.63, 3.8) is 0 Å². The maximum Gasteiger partial charge on any atom is 0.419 e. The number of thiophene rings is 1. The molecule has 1 aliphatic heterocycles. The molecule has 2 aromatic carbocycles. The van der Waals surface area contributed by atoms with E-state index in [1.165, 1.54) is 9.47 Å². The van der Waals surface area contributed by atoms with Gasteiger partial charge in [0, 0.05) is 36.2 Å². The number of nitriles is 1. The predicted molar refractivity (Wildman–Crippen MR) is 156 cm³/mol. The molecule has 4 aromatic rings. The fourth-order valence-corrected chi connectivity index (χ4v) is 5.85. The van der Waals surface area contributed by atoms with Crippen molar-refractivity contribution in [2.24, 2.45) is 7.05 Å². The summed E-state index contributed by atoms with van der Waals surface area (Å²) in [6.07, 6.45) is -0.459. The maximum atomic E-state index is 13.1. The number of carbonyl (C=O) groups is 2. The average Bonchev–Trinajstić information content (AvgIpc) is 3.33. The van der Waals surface area contributed by atoms with Gasteiger partial charge >= 0.3 is 11.8 Å². The molecule has 10 nitrogen and oxygen atoms in total. The van der Waals surface area contributed by atoms with E-state index in [1.807, 2.05) is 30.3 Å². The zero-order valence-electron chi connectivity index (χ0n) is 23.4. The van der Waals surface area contributed by atoms with E-state index in [0.717, 1.165) is 31.6 Å². The van der Waals surface area contributed by atoms with Gasteiger partial charge in [-0.05, 0) is 74.0 Å². The second-order valence-electron chi connectivity index (χ2n) is 11.1. The molecule has 0 aliphatic carbocycles. The number of amides is 2. The molecule has 214 valence electrons. The van der Waals surface area contributed by atoms with Gasteiger partial charge in [-0.3, -0.25) is 9.36 Å². The molecule has 0 radical (unpaired) electrons. The molecule has 0 saturated carbocycles. The molecule has 0 spiro atoms. The molecule has 41 heavy (non-hydrogen) atoms. The lowest BCUT2D eigenvalue weighted by Gasteiger charge is -2.27. The number of rotatable bonds is 5. The third-order valence-corrected chi connectivity index (χ3v) is 7.93. The Bertz CT molecular complexity index is 1710. The van der Waals surface area contributed by atoms with Gasteiger partial charge in [0.1, 0.15) is 11.6 Å². The second kappa shape index (κ2) is 11.4. The summed E-state index contributed by atoms with van der Waals surface area (Å²) in [4.78, 5) is 39.9. The zero-order valence-corrected chi connectivity index (χ0v) is 24.2. The summed E-state index contributed by atoms with van der Waals surface area (Å²) in [5.74, 6) is -0.834. The van der Waals surface area contributed by atoms with Gasteiger partial charge in [-0.15, -0.1) is 11.3 Å². The van der Waals surface area contributed by atoms with E-state index < -0.39 is 35.5 Å². The van der Waals surface area contributed by atoms with Crippen LogP contribution < -0.4 is 11.1 Å². The number of hydrogen-bond acceptors (Lipinski definition) is 8. The van der Waals surface area contributed by atoms with E-state index in [0.29, 0.717) is 31.6 Å². The molecule has 2 aromatic heterocycles. The van der Waals surface area contributed by atoms with Gasteiger partial charge in [-0.25, -0.2) is 9.59 Å². The van der Waals surface area contributed by atoms with Gasteiger partial charge in [-0.1, -0.05) is 12.1 Å². The van der Waals surface area contributed by atoms with Crippen molar-refractivity contribution in [2.75, 3.05) is 19.7 Å². The van der Waals surface area contributed by atoms with Crippen LogP contribution in [0.1, 0.15) is 32.1 Å². The topological polar surface area (TPSA) is 127 Å². The maximum absolute atomic E-state index is 13.1. The minimum absolute atomic E-state index is 0.0589. The number of hydrogen-bond donors (Lipinski definition) is 1. The Hall–Kier alpha value is -4.14. The number of nitrogens with zero attached hydrogens (tertiary/aromatic N) is 3. The third-order valence-electron chi connectivity index (χ3n) is 6.79. The van der Waals surface area contributed by atoms with Gasteiger partial charge in [0.25, 0.3) is 5.91 Å². The fraction of sp³-hybridized carbons (Fsp3) is 0.400. The smallest absolute Gasteiger partial charge is 0.419 e. The first-order chi connectivity index (χ1) is 19.5. The van der Waals surface area contributed by atoms with Crippen LogP contribution in [0.25, 0.3) is 32.3 Å². The van der Waals surface area contributed by atoms with Gasteiger partial charge in [-0.2, -0.15) is 5.26 Å². The lowest BCUT2D eigenvalue weighted by atomic mass is 10.0. The summed E-state index contributed by atoms with van der Waals surface area (Å²) in [6, 6.07) is 15.2. The molecule has 2 atom stereocenters. The second-order valence-corrected chi connectivity index (χ2v) is 12.3. The van der Waals surface area contributed by atoms with E-state index >= 15 is 0 Å². The number of oxazole rings is 1. The normalized spacial score (nSPS) is 16.8. The Kier molecular flexibility index (Phi) is 7.89. The SMILES string of the molecule is Cn1c(=O)oc2ccc(-c3ccc4sc(CC(C#N)NC(=O)[C@@H]5CN(C(=O)OC(C)(C)C)CCCO5)cc4c3)cc21. The summed E-state index contributed by atoms with van der Waals surface area (Å²) >= 11 is 1.57. The van der Waals surface area contributed by atoms with E-state index in [2.05, 4.69) is 17.5 Å². The molecule has 1 N–H and O–H groups in total. The first-order valence-electron chi connectivity index (χ1n) is 13.4. The molecular weight excluding hydrogens is 544 g/mol. The molecule has 3 heterocycles. The molecule has 1 aliphatic rings. The van der Waals surface area contributed by atoms with Crippen LogP contribution in [0, 0.1) is 11.3 Å². The Morgan fingerprint density at radius 2 is 1.95 bits per heavy atom. The van der Waals surface area contributed by atoms with E-state index in [-0.39, 0.29) is 6.54 Å². The number of nitrogens with one attached hydrogen (secondary N) is 1. The summed E-state index contributed by atoms with van der Waals surface area (Å²) in [6.45, 7) is 6.19. The summed E-state index contributed by atoms with van der Waals surface area (Å²) in [5.41, 5.74) is 2.55. The van der Waals surface area contributed by atoms with Crippen molar-refractivity contribution in [2.45, 2.75) is 51.4 Å². The minimum atomic E-state index is -0.891. The Balaban J connectivity index is 1.27. The third kappa shape index (κ3) is 6.45. The summed E-state index contributed by atoms with van der Waals surface area (Å²) in [7, 11) is 1.68. The average molecular weight is 577 g/mol. The number of aromatic nitrogens is 1. The quantitative estimate of drug-likeness (QED) is 0.368. The Morgan fingerprint density at radius 3 is 2.71 bits per heavy atom. The molecule has 11 heteroatoms. The predicted octanol–water partition coefficient (Wildman–Crippen LogP) is 4.59. The van der Waals surface area contributed by atoms with Crippen LogP contribution >= 0.6 is 11.3 Å². The van der Waals surface area contributed by atoms with Gasteiger partial charge in [0.2, 0.25) is 0 Å². The van der Waals surface area contributed by atoms with Crippen molar-refractivity contribution < 1.29 is 23.5 Å². The number of benzene rings is 2. The van der Waals surface area contributed by atoms with Gasteiger partial charge in [0.05, 0.1) is 18.1 Å². The van der Waals surface area contributed by atoms with Crippen LogP contribution in [0.5, 0.6) is 0 Å². The highest BCUT2D eigenvalue weighted by Crippen LogP contribution is 2.32.